The molecule has 192 valence electrons. The van der Waals surface area contributed by atoms with Crippen LogP contribution >= 0.6 is 23.1 Å². The standard InChI is InChI=1S/C27H21N3O6S2/c1-14-4-8-16(9-5-14)30-24(33)21-20(18-3-2-12-36-18)23-26(37-22(21)25(30)34)29(27(35)38-23)13-19(32)28-15-6-10-17(31)11-7-15/h2-12,20-22,31H,13H2,1H3,(H,28,32)/t20-,21-,22+/m0/s1. The number of rotatable bonds is 5. The van der Waals surface area contributed by atoms with Crippen molar-refractivity contribution in [2.45, 2.75) is 29.7 Å². The molecule has 4 aromatic rings. The second kappa shape index (κ2) is 9.34. The van der Waals surface area contributed by atoms with Crippen LogP contribution in [0.5, 0.6) is 5.75 Å². The molecule has 1 fully saturated rings. The summed E-state index contributed by atoms with van der Waals surface area (Å²) in [6.07, 6.45) is 1.50. The van der Waals surface area contributed by atoms with E-state index in [0.717, 1.165) is 28.7 Å². The summed E-state index contributed by atoms with van der Waals surface area (Å²) in [6, 6.07) is 16.6. The van der Waals surface area contributed by atoms with Gasteiger partial charge in [-0.25, -0.2) is 4.90 Å². The molecule has 4 heterocycles. The van der Waals surface area contributed by atoms with E-state index in [2.05, 4.69) is 5.32 Å². The Morgan fingerprint density at radius 1 is 1.03 bits per heavy atom. The first kappa shape index (κ1) is 24.3. The lowest BCUT2D eigenvalue weighted by atomic mass is 9.87. The van der Waals surface area contributed by atoms with Crippen LogP contribution in [0, 0.1) is 12.8 Å². The lowest BCUT2D eigenvalue weighted by Gasteiger charge is -2.29. The summed E-state index contributed by atoms with van der Waals surface area (Å²) in [5.41, 5.74) is 1.97. The Bertz CT molecular complexity index is 1610. The Hall–Kier alpha value is -4.09. The SMILES string of the molecule is Cc1ccc(N2C(=O)[C@H]3[C@H](c4ccco4)c4sc(=O)n(CC(=O)Nc5ccc(O)cc5)c4S[C@H]3C2=O)cc1. The summed E-state index contributed by atoms with van der Waals surface area (Å²) < 4.78 is 7.05. The number of phenols is 1. The van der Waals surface area contributed by atoms with Crippen molar-refractivity contribution in [3.05, 3.63) is 92.8 Å². The third-order valence-corrected chi connectivity index (χ3v) is 9.25. The van der Waals surface area contributed by atoms with E-state index in [9.17, 15) is 24.3 Å². The minimum absolute atomic E-state index is 0.0662. The summed E-state index contributed by atoms with van der Waals surface area (Å²) in [5, 5.41) is 11.9. The monoisotopic (exact) mass is 547 g/mol. The number of carbonyl (C=O) groups is 3. The molecule has 2 aliphatic heterocycles. The van der Waals surface area contributed by atoms with Gasteiger partial charge in [0.25, 0.3) is 0 Å². The van der Waals surface area contributed by atoms with Gasteiger partial charge in [0.05, 0.1) is 33.7 Å². The van der Waals surface area contributed by atoms with Crippen molar-refractivity contribution in [3.8, 4) is 5.75 Å². The van der Waals surface area contributed by atoms with Gasteiger partial charge in [0.2, 0.25) is 17.7 Å². The average molecular weight is 548 g/mol. The zero-order chi connectivity index (χ0) is 26.6. The van der Waals surface area contributed by atoms with Crippen LogP contribution in [0.15, 0.2) is 81.2 Å². The van der Waals surface area contributed by atoms with Crippen molar-refractivity contribution in [3.63, 3.8) is 0 Å². The number of carbonyl (C=O) groups excluding carboxylic acids is 3. The summed E-state index contributed by atoms with van der Waals surface area (Å²) in [7, 11) is 0. The molecule has 2 aromatic carbocycles. The molecule has 0 radical (unpaired) electrons. The van der Waals surface area contributed by atoms with E-state index in [1.165, 1.54) is 27.9 Å². The Morgan fingerprint density at radius 3 is 2.45 bits per heavy atom. The number of hydrogen-bond acceptors (Lipinski definition) is 8. The molecule has 2 aliphatic rings. The lowest BCUT2D eigenvalue weighted by Crippen LogP contribution is -2.32. The van der Waals surface area contributed by atoms with Gasteiger partial charge in [-0.15, -0.1) is 0 Å². The van der Waals surface area contributed by atoms with Gasteiger partial charge in [-0.1, -0.05) is 40.8 Å². The Kier molecular flexibility index (Phi) is 5.96. The minimum atomic E-state index is -0.785. The molecule has 6 rings (SSSR count). The number of amides is 3. The number of nitrogens with one attached hydrogen (secondary N) is 1. The Morgan fingerprint density at radius 2 is 1.76 bits per heavy atom. The van der Waals surface area contributed by atoms with E-state index in [-0.39, 0.29) is 29.0 Å². The van der Waals surface area contributed by atoms with Gasteiger partial charge in [-0.3, -0.25) is 23.7 Å². The molecule has 0 unspecified atom stereocenters. The van der Waals surface area contributed by atoms with Crippen LogP contribution < -0.4 is 15.1 Å². The maximum atomic E-state index is 13.7. The minimum Gasteiger partial charge on any atom is -0.508 e. The number of aromatic hydroxyl groups is 1. The van der Waals surface area contributed by atoms with Crippen molar-refractivity contribution in [1.29, 1.82) is 0 Å². The summed E-state index contributed by atoms with van der Waals surface area (Å²) in [5.74, 6) is -2.00. The fourth-order valence-corrected chi connectivity index (χ4v) is 7.62. The highest BCUT2D eigenvalue weighted by Crippen LogP contribution is 2.53. The second-order valence-corrected chi connectivity index (χ2v) is 11.2. The van der Waals surface area contributed by atoms with Crippen molar-refractivity contribution in [1.82, 2.24) is 4.57 Å². The Balaban J connectivity index is 1.38. The molecule has 38 heavy (non-hydrogen) atoms. The summed E-state index contributed by atoms with van der Waals surface area (Å²) in [6.45, 7) is 1.65. The number of aryl methyl sites for hydroxylation is 1. The highest BCUT2D eigenvalue weighted by atomic mass is 32.2. The van der Waals surface area contributed by atoms with Gasteiger partial charge in [0, 0.05) is 5.69 Å². The average Bonchev–Trinajstić information content (AvgIpc) is 3.59. The third-order valence-electron chi connectivity index (χ3n) is 6.64. The summed E-state index contributed by atoms with van der Waals surface area (Å²) >= 11 is 2.10. The molecule has 0 bridgehead atoms. The van der Waals surface area contributed by atoms with Crippen LogP contribution in [0.4, 0.5) is 11.4 Å². The predicted octanol–water partition coefficient (Wildman–Crippen LogP) is 3.95. The second-order valence-electron chi connectivity index (χ2n) is 9.12. The van der Waals surface area contributed by atoms with Crippen LogP contribution in [0.2, 0.25) is 0 Å². The smallest absolute Gasteiger partial charge is 0.308 e. The summed E-state index contributed by atoms with van der Waals surface area (Å²) in [4.78, 5) is 54.8. The molecule has 3 atom stereocenters. The van der Waals surface area contributed by atoms with Gasteiger partial charge < -0.3 is 14.8 Å². The first-order chi connectivity index (χ1) is 18.3. The van der Waals surface area contributed by atoms with E-state index >= 15 is 0 Å². The first-order valence-electron chi connectivity index (χ1n) is 11.8. The molecule has 11 heteroatoms. The largest absolute Gasteiger partial charge is 0.508 e. The molecule has 0 spiro atoms. The molecule has 3 amide bonds. The number of imide groups is 1. The van der Waals surface area contributed by atoms with E-state index in [1.54, 1.807) is 36.4 Å². The van der Waals surface area contributed by atoms with Crippen molar-refractivity contribution in [2.24, 2.45) is 5.92 Å². The molecule has 9 nitrogen and oxygen atoms in total. The number of phenolic OH excluding ortho intramolecular Hbond substituents is 1. The number of hydrogen-bond donors (Lipinski definition) is 2. The molecule has 1 saturated heterocycles. The number of anilines is 2. The van der Waals surface area contributed by atoms with Gasteiger partial charge in [0.15, 0.2) is 0 Å². The number of thiazole rings is 1. The third kappa shape index (κ3) is 4.04. The van der Waals surface area contributed by atoms with Crippen LogP contribution in [0.1, 0.15) is 22.1 Å². The molecule has 2 N–H and O–H groups in total. The number of thioether (sulfide) groups is 1. The van der Waals surface area contributed by atoms with Gasteiger partial charge in [0.1, 0.15) is 23.3 Å². The zero-order valence-corrected chi connectivity index (χ0v) is 21.6. The Labute approximate surface area is 224 Å². The van der Waals surface area contributed by atoms with Crippen molar-refractivity contribution < 1.29 is 23.9 Å². The fourth-order valence-electron chi connectivity index (χ4n) is 4.87. The number of furan rings is 1. The molecule has 0 aliphatic carbocycles. The van der Waals surface area contributed by atoms with E-state index in [0.29, 0.717) is 27.0 Å². The van der Waals surface area contributed by atoms with Gasteiger partial charge in [-0.05, 0) is 55.5 Å². The van der Waals surface area contributed by atoms with E-state index < -0.39 is 23.0 Å². The fraction of sp³-hybridized carbons (Fsp3) is 0.185. The van der Waals surface area contributed by atoms with Gasteiger partial charge >= 0.3 is 4.87 Å². The highest BCUT2D eigenvalue weighted by molar-refractivity contribution is 8.00. The van der Waals surface area contributed by atoms with Crippen LogP contribution in [-0.2, 0) is 20.9 Å². The molecular weight excluding hydrogens is 526 g/mol. The zero-order valence-electron chi connectivity index (χ0n) is 20.0. The maximum absolute atomic E-state index is 13.7. The number of aromatic nitrogens is 1. The quantitative estimate of drug-likeness (QED) is 0.287. The lowest BCUT2D eigenvalue weighted by molar-refractivity contribution is -0.122. The molecule has 0 saturated carbocycles. The van der Waals surface area contributed by atoms with Crippen LogP contribution in [0.3, 0.4) is 0 Å². The normalized spacial score (nSPS) is 20.3. The van der Waals surface area contributed by atoms with Gasteiger partial charge in [-0.2, -0.15) is 0 Å². The van der Waals surface area contributed by atoms with Crippen LogP contribution in [0.25, 0.3) is 0 Å². The van der Waals surface area contributed by atoms with E-state index in [4.69, 9.17) is 4.42 Å². The van der Waals surface area contributed by atoms with Crippen molar-refractivity contribution in [2.75, 3.05) is 10.2 Å². The number of benzene rings is 2. The topological polar surface area (TPSA) is 122 Å². The molecule has 2 aromatic heterocycles. The molecular formula is C27H21N3O6S2. The van der Waals surface area contributed by atoms with Crippen molar-refractivity contribution >= 4 is 52.2 Å². The maximum Gasteiger partial charge on any atom is 0.308 e. The first-order valence-corrected chi connectivity index (χ1v) is 13.5. The van der Waals surface area contributed by atoms with Crippen LogP contribution in [-0.4, -0.2) is 32.6 Å². The number of nitrogens with zero attached hydrogens (tertiary/aromatic N) is 2. The highest BCUT2D eigenvalue weighted by Gasteiger charge is 2.57. The van der Waals surface area contributed by atoms with E-state index in [1.807, 2.05) is 19.1 Å². The predicted molar refractivity (Wildman–Crippen MR) is 143 cm³/mol. The number of fused-ring (bicyclic) bond motifs is 2.